The van der Waals surface area contributed by atoms with Gasteiger partial charge in [0.25, 0.3) is 0 Å². The highest BCUT2D eigenvalue weighted by molar-refractivity contribution is 5.95. The summed E-state index contributed by atoms with van der Waals surface area (Å²) < 4.78 is 0. The van der Waals surface area contributed by atoms with Crippen molar-refractivity contribution in [2.75, 3.05) is 4.90 Å². The molecule has 0 N–H and O–H groups in total. The van der Waals surface area contributed by atoms with Gasteiger partial charge in [-0.25, -0.2) is 0 Å². The van der Waals surface area contributed by atoms with E-state index in [0.29, 0.717) is 0 Å². The Kier molecular flexibility index (Phi) is 6.36. The van der Waals surface area contributed by atoms with Gasteiger partial charge in [0.05, 0.1) is 5.69 Å². The third-order valence-corrected chi connectivity index (χ3v) is 14.1. The lowest BCUT2D eigenvalue weighted by Crippen LogP contribution is -2.55. The number of hydrogen-bond acceptors (Lipinski definition) is 1. The van der Waals surface area contributed by atoms with Gasteiger partial charge in [-0.2, -0.15) is 0 Å². The Hall–Kier alpha value is -4.10. The molecule has 0 aromatic heterocycles. The number of para-hydroxylation sites is 1. The predicted octanol–water partition coefficient (Wildman–Crippen LogP) is 12.9. The molecule has 49 heavy (non-hydrogen) atoms. The van der Waals surface area contributed by atoms with E-state index in [4.69, 9.17) is 0 Å². The lowest BCUT2D eigenvalue weighted by Gasteiger charge is -2.61. The normalized spacial score (nSPS) is 27.8. The van der Waals surface area contributed by atoms with Crippen LogP contribution in [0.2, 0.25) is 0 Å². The van der Waals surface area contributed by atoms with Crippen molar-refractivity contribution in [3.05, 3.63) is 138 Å². The second-order valence-corrected chi connectivity index (χ2v) is 17.7. The molecule has 1 heteroatoms. The number of fused-ring (bicyclic) bond motifs is 4. The van der Waals surface area contributed by atoms with Crippen LogP contribution in [0.4, 0.5) is 17.1 Å². The Morgan fingerprint density at radius 3 is 1.80 bits per heavy atom. The number of benzene rings is 5. The summed E-state index contributed by atoms with van der Waals surface area (Å²) in [5.41, 5.74) is 16.1. The summed E-state index contributed by atoms with van der Waals surface area (Å²) in [6, 6.07) is 44.5. The van der Waals surface area contributed by atoms with Gasteiger partial charge in [-0.15, -0.1) is 0 Å². The molecule has 1 spiro atoms. The second kappa shape index (κ2) is 10.5. The van der Waals surface area contributed by atoms with E-state index in [1.54, 1.807) is 11.1 Å². The van der Waals surface area contributed by atoms with Crippen LogP contribution in [-0.2, 0) is 16.2 Å². The molecule has 0 saturated heterocycles. The van der Waals surface area contributed by atoms with Crippen LogP contribution in [0.25, 0.3) is 22.3 Å². The van der Waals surface area contributed by atoms with Crippen LogP contribution in [-0.4, -0.2) is 0 Å². The van der Waals surface area contributed by atoms with Gasteiger partial charge in [0.15, 0.2) is 0 Å². The Morgan fingerprint density at radius 2 is 1.08 bits per heavy atom. The first-order chi connectivity index (χ1) is 23.7. The molecule has 4 fully saturated rings. The van der Waals surface area contributed by atoms with Gasteiger partial charge in [0.1, 0.15) is 0 Å². The highest BCUT2D eigenvalue weighted by Crippen LogP contribution is 2.70. The highest BCUT2D eigenvalue weighted by Gasteiger charge is 2.61. The number of nitrogens with zero attached hydrogens (tertiary/aromatic N) is 1. The molecular weight excluding hydrogens is 591 g/mol. The maximum absolute atomic E-state index is 2.53. The van der Waals surface area contributed by atoms with E-state index in [-0.39, 0.29) is 16.2 Å². The third kappa shape index (κ3) is 4.24. The maximum atomic E-state index is 2.53. The van der Waals surface area contributed by atoms with Crippen molar-refractivity contribution in [3.8, 4) is 22.3 Å². The average molecular weight is 640 g/mol. The van der Waals surface area contributed by atoms with E-state index < -0.39 is 0 Å². The molecule has 0 radical (unpaired) electrons. The second-order valence-electron chi connectivity index (χ2n) is 17.7. The van der Waals surface area contributed by atoms with Crippen molar-refractivity contribution in [1.82, 2.24) is 0 Å². The van der Waals surface area contributed by atoms with E-state index in [1.807, 2.05) is 0 Å². The minimum Gasteiger partial charge on any atom is -0.310 e. The lowest BCUT2D eigenvalue weighted by atomic mass is 9.43. The van der Waals surface area contributed by atoms with Crippen molar-refractivity contribution in [2.45, 2.75) is 88.9 Å². The summed E-state index contributed by atoms with van der Waals surface area (Å²) in [7, 11) is 0. The van der Waals surface area contributed by atoms with Crippen molar-refractivity contribution < 1.29 is 0 Å². The SMILES string of the molecule is CC1(C)CCC(C)(C)c2cc(-c3ccc(N(c4ccccc4)c4cccc5c4-c4ccccc4C54C5CC6CC(C5)CC4C6)cc3)ccc21. The molecule has 0 amide bonds. The van der Waals surface area contributed by atoms with Crippen molar-refractivity contribution in [1.29, 1.82) is 0 Å². The summed E-state index contributed by atoms with van der Waals surface area (Å²) in [4.78, 5) is 2.53. The van der Waals surface area contributed by atoms with Crippen LogP contribution in [0.5, 0.6) is 0 Å². The minimum absolute atomic E-state index is 0.163. The fourth-order valence-corrected chi connectivity index (χ4v) is 11.9. The molecule has 0 unspecified atom stereocenters. The van der Waals surface area contributed by atoms with Crippen LogP contribution < -0.4 is 4.90 Å². The summed E-state index contributed by atoms with van der Waals surface area (Å²) in [5.74, 6) is 3.41. The van der Waals surface area contributed by atoms with Gasteiger partial charge in [-0.3, -0.25) is 0 Å². The molecule has 5 aromatic carbocycles. The molecule has 5 aromatic rings. The Morgan fingerprint density at radius 1 is 0.490 bits per heavy atom. The molecule has 11 rings (SSSR count). The molecule has 6 aliphatic rings. The number of anilines is 3. The van der Waals surface area contributed by atoms with E-state index in [1.165, 1.54) is 95.4 Å². The predicted molar refractivity (Wildman–Crippen MR) is 205 cm³/mol. The maximum Gasteiger partial charge on any atom is 0.0543 e. The molecule has 0 atom stereocenters. The third-order valence-electron chi connectivity index (χ3n) is 14.1. The van der Waals surface area contributed by atoms with Gasteiger partial charge >= 0.3 is 0 Å². The first-order valence-electron chi connectivity index (χ1n) is 19.1. The number of hydrogen-bond donors (Lipinski definition) is 0. The van der Waals surface area contributed by atoms with Gasteiger partial charge in [0, 0.05) is 22.4 Å². The molecule has 1 nitrogen and oxygen atoms in total. The van der Waals surface area contributed by atoms with Gasteiger partial charge in [-0.05, 0) is 149 Å². The number of rotatable bonds is 4. The summed E-state index contributed by atoms with van der Waals surface area (Å²) >= 11 is 0. The van der Waals surface area contributed by atoms with Crippen LogP contribution in [0.15, 0.2) is 115 Å². The smallest absolute Gasteiger partial charge is 0.0543 e. The summed E-state index contributed by atoms with van der Waals surface area (Å²) in [6.45, 7) is 9.68. The molecule has 4 saturated carbocycles. The summed E-state index contributed by atoms with van der Waals surface area (Å²) in [6.07, 6.45) is 9.59. The Bertz CT molecular complexity index is 2050. The van der Waals surface area contributed by atoms with Crippen molar-refractivity contribution in [3.63, 3.8) is 0 Å². The van der Waals surface area contributed by atoms with Crippen LogP contribution in [0.1, 0.15) is 94.9 Å². The Labute approximate surface area is 293 Å². The van der Waals surface area contributed by atoms with E-state index in [9.17, 15) is 0 Å². The van der Waals surface area contributed by atoms with Crippen LogP contribution in [0.3, 0.4) is 0 Å². The molecule has 4 bridgehead atoms. The fraction of sp³-hybridized carbons (Fsp3) is 0.375. The molecular formula is C48H49N. The average Bonchev–Trinajstić information content (AvgIpc) is 3.41. The van der Waals surface area contributed by atoms with E-state index in [2.05, 4.69) is 148 Å². The minimum atomic E-state index is 0.163. The van der Waals surface area contributed by atoms with Gasteiger partial charge in [-0.1, -0.05) is 113 Å². The van der Waals surface area contributed by atoms with Gasteiger partial charge < -0.3 is 4.90 Å². The van der Waals surface area contributed by atoms with E-state index >= 15 is 0 Å². The van der Waals surface area contributed by atoms with Crippen LogP contribution >= 0.6 is 0 Å². The monoisotopic (exact) mass is 639 g/mol. The largest absolute Gasteiger partial charge is 0.310 e. The molecule has 246 valence electrons. The molecule has 6 aliphatic carbocycles. The zero-order valence-corrected chi connectivity index (χ0v) is 29.7. The summed E-state index contributed by atoms with van der Waals surface area (Å²) in [5, 5.41) is 0. The zero-order chi connectivity index (χ0) is 33.1. The lowest BCUT2D eigenvalue weighted by molar-refractivity contribution is -0.0399. The topological polar surface area (TPSA) is 3.24 Å². The molecule has 0 aliphatic heterocycles. The van der Waals surface area contributed by atoms with E-state index in [0.717, 1.165) is 23.7 Å². The van der Waals surface area contributed by atoms with Gasteiger partial charge in [0.2, 0.25) is 0 Å². The molecule has 0 heterocycles. The van der Waals surface area contributed by atoms with Crippen LogP contribution in [0, 0.1) is 23.7 Å². The van der Waals surface area contributed by atoms with Crippen molar-refractivity contribution >= 4 is 17.1 Å². The zero-order valence-electron chi connectivity index (χ0n) is 29.7. The fourth-order valence-electron chi connectivity index (χ4n) is 11.9. The Balaban J connectivity index is 1.11. The first kappa shape index (κ1) is 29.8. The first-order valence-corrected chi connectivity index (χ1v) is 19.1. The highest BCUT2D eigenvalue weighted by atomic mass is 15.1. The van der Waals surface area contributed by atoms with Crippen molar-refractivity contribution in [2.24, 2.45) is 23.7 Å². The standard InChI is InChI=1S/C48H49N/c1-46(2)23-24-47(3,4)43-30-34(19-22-41(43)46)33-17-20-38(21-18-33)49(37-11-6-5-7-12-37)44-16-10-15-42-45(44)39-13-8-9-14-40(39)48(42)35-26-31-25-32(28-35)29-36(48)27-31/h5-22,30-32,35-36H,23-29H2,1-4H3. The quantitative estimate of drug-likeness (QED) is 0.189.